The molecule has 0 unspecified atom stereocenters. The Labute approximate surface area is 210 Å². The molecule has 6 rings (SSSR count). The number of phenolic OH excluding ortho intramolecular Hbond substituents is 1. The number of ether oxygens (including phenoxy) is 1. The second-order valence-electron chi connectivity index (χ2n) is 10.4. The number of rotatable bonds is 6. The largest absolute Gasteiger partial charge is 0.507 e. The molecule has 0 radical (unpaired) electrons. The Morgan fingerprint density at radius 3 is 2.61 bits per heavy atom. The van der Waals surface area contributed by atoms with Gasteiger partial charge in [0.05, 0.1) is 30.6 Å². The van der Waals surface area contributed by atoms with Crippen LogP contribution in [0.25, 0.3) is 22.6 Å². The molecule has 0 spiro atoms. The van der Waals surface area contributed by atoms with E-state index in [-0.39, 0.29) is 17.7 Å². The van der Waals surface area contributed by atoms with Crippen molar-refractivity contribution in [1.29, 1.82) is 0 Å². The fourth-order valence-electron chi connectivity index (χ4n) is 6.04. The molecule has 3 saturated carbocycles. The number of hydrogen-bond acceptors (Lipinski definition) is 8. The SMILES string of the molecule is COc1cc(-c2ccc(-c3ncc(N(C4CC4)[C@@H]4C[C@H]5CCC[C@H](C5)[C@@H]4F)nn3)c(O)c2)nnc1C. The van der Waals surface area contributed by atoms with Gasteiger partial charge in [-0.3, -0.25) is 0 Å². The van der Waals surface area contributed by atoms with Crippen molar-refractivity contribution in [2.45, 2.75) is 70.1 Å². The van der Waals surface area contributed by atoms with Gasteiger partial charge in [-0.15, -0.1) is 15.3 Å². The topological polar surface area (TPSA) is 97.2 Å². The molecule has 3 fully saturated rings. The zero-order valence-electron chi connectivity index (χ0n) is 20.6. The van der Waals surface area contributed by atoms with E-state index in [4.69, 9.17) is 4.74 Å². The molecule has 0 saturated heterocycles. The van der Waals surface area contributed by atoms with Crippen molar-refractivity contribution in [2.75, 3.05) is 12.0 Å². The van der Waals surface area contributed by atoms with Gasteiger partial charge in [-0.25, -0.2) is 9.37 Å². The molecule has 0 aliphatic heterocycles. The third-order valence-corrected chi connectivity index (χ3v) is 8.01. The number of phenols is 1. The average molecular weight is 491 g/mol. The minimum Gasteiger partial charge on any atom is -0.507 e. The number of nitrogens with zero attached hydrogens (tertiary/aromatic N) is 6. The van der Waals surface area contributed by atoms with Crippen LogP contribution in [-0.2, 0) is 0 Å². The first kappa shape index (κ1) is 23.1. The van der Waals surface area contributed by atoms with Crippen molar-refractivity contribution >= 4 is 5.82 Å². The minimum atomic E-state index is -0.830. The summed E-state index contributed by atoms with van der Waals surface area (Å²) >= 11 is 0. The van der Waals surface area contributed by atoms with Gasteiger partial charge in [0.2, 0.25) is 0 Å². The number of hydrogen-bond donors (Lipinski definition) is 1. The lowest BCUT2D eigenvalue weighted by Gasteiger charge is -2.46. The van der Waals surface area contributed by atoms with Gasteiger partial charge in [-0.1, -0.05) is 18.9 Å². The molecule has 3 aliphatic rings. The third-order valence-electron chi connectivity index (χ3n) is 8.01. The fraction of sp³-hybridized carbons (Fsp3) is 0.519. The average Bonchev–Trinajstić information content (AvgIpc) is 3.73. The summed E-state index contributed by atoms with van der Waals surface area (Å²) in [5.41, 5.74) is 2.45. The first-order chi connectivity index (χ1) is 17.5. The molecule has 1 aromatic carbocycles. The lowest BCUT2D eigenvalue weighted by atomic mass is 9.69. The minimum absolute atomic E-state index is 0.0198. The summed E-state index contributed by atoms with van der Waals surface area (Å²) in [4.78, 5) is 6.69. The number of anilines is 1. The highest BCUT2D eigenvalue weighted by Crippen LogP contribution is 2.46. The molecular formula is C27H31FN6O2. The molecule has 3 aliphatic carbocycles. The molecule has 1 N–H and O–H groups in total. The van der Waals surface area contributed by atoms with E-state index in [1.807, 2.05) is 13.0 Å². The number of aromatic hydroxyl groups is 1. The predicted octanol–water partition coefficient (Wildman–Crippen LogP) is 4.90. The van der Waals surface area contributed by atoms with E-state index in [0.29, 0.717) is 51.9 Å². The van der Waals surface area contributed by atoms with Crippen molar-refractivity contribution < 1.29 is 14.2 Å². The van der Waals surface area contributed by atoms with Crippen LogP contribution in [0.2, 0.25) is 0 Å². The summed E-state index contributed by atoms with van der Waals surface area (Å²) in [5, 5.41) is 27.9. The summed E-state index contributed by atoms with van der Waals surface area (Å²) in [6, 6.07) is 7.13. The molecule has 188 valence electrons. The molecular weight excluding hydrogens is 459 g/mol. The van der Waals surface area contributed by atoms with Crippen molar-refractivity contribution in [1.82, 2.24) is 25.4 Å². The number of aryl methyl sites for hydroxylation is 1. The van der Waals surface area contributed by atoms with Gasteiger partial charge in [0.1, 0.15) is 23.4 Å². The van der Waals surface area contributed by atoms with Gasteiger partial charge in [-0.05, 0) is 63.0 Å². The zero-order chi connectivity index (χ0) is 24.8. The summed E-state index contributed by atoms with van der Waals surface area (Å²) in [7, 11) is 1.58. The van der Waals surface area contributed by atoms with Crippen LogP contribution in [0.4, 0.5) is 10.2 Å². The number of methoxy groups -OCH3 is 1. The molecule has 8 nitrogen and oxygen atoms in total. The normalized spacial score (nSPS) is 25.4. The van der Waals surface area contributed by atoms with Crippen molar-refractivity contribution in [3.8, 4) is 34.1 Å². The molecule has 0 amide bonds. The molecule has 36 heavy (non-hydrogen) atoms. The monoisotopic (exact) mass is 490 g/mol. The van der Waals surface area contributed by atoms with Gasteiger partial charge in [0, 0.05) is 17.7 Å². The van der Waals surface area contributed by atoms with E-state index in [2.05, 4.69) is 30.3 Å². The second kappa shape index (κ2) is 9.26. The summed E-state index contributed by atoms with van der Waals surface area (Å²) in [5.74, 6) is 2.37. The molecule has 9 heteroatoms. The van der Waals surface area contributed by atoms with Gasteiger partial charge in [-0.2, -0.15) is 5.10 Å². The van der Waals surface area contributed by atoms with Crippen LogP contribution < -0.4 is 9.64 Å². The highest BCUT2D eigenvalue weighted by Gasteiger charge is 2.46. The van der Waals surface area contributed by atoms with Gasteiger partial charge >= 0.3 is 0 Å². The van der Waals surface area contributed by atoms with Crippen LogP contribution >= 0.6 is 0 Å². The van der Waals surface area contributed by atoms with Crippen molar-refractivity contribution in [2.24, 2.45) is 11.8 Å². The Kier molecular flexibility index (Phi) is 5.93. The van der Waals surface area contributed by atoms with Crippen LogP contribution in [0.3, 0.4) is 0 Å². The van der Waals surface area contributed by atoms with E-state index in [1.165, 1.54) is 6.42 Å². The first-order valence-corrected chi connectivity index (χ1v) is 12.9. The molecule has 2 heterocycles. The summed E-state index contributed by atoms with van der Waals surface area (Å²) in [6.07, 6.45) is 8.21. The Morgan fingerprint density at radius 2 is 1.89 bits per heavy atom. The Hall–Kier alpha value is -3.36. The van der Waals surface area contributed by atoms with E-state index in [0.717, 1.165) is 38.5 Å². The van der Waals surface area contributed by atoms with E-state index in [1.54, 1.807) is 31.5 Å². The van der Waals surface area contributed by atoms with Crippen LogP contribution in [0.5, 0.6) is 11.5 Å². The Morgan fingerprint density at radius 1 is 1.03 bits per heavy atom. The predicted molar refractivity (Wildman–Crippen MR) is 133 cm³/mol. The fourth-order valence-corrected chi connectivity index (χ4v) is 6.04. The van der Waals surface area contributed by atoms with Crippen LogP contribution in [-0.4, -0.2) is 55.9 Å². The highest BCUT2D eigenvalue weighted by molar-refractivity contribution is 5.71. The lowest BCUT2D eigenvalue weighted by molar-refractivity contribution is 0.0631. The van der Waals surface area contributed by atoms with Crippen LogP contribution in [0.1, 0.15) is 50.6 Å². The van der Waals surface area contributed by atoms with E-state index < -0.39 is 6.17 Å². The van der Waals surface area contributed by atoms with Gasteiger partial charge < -0.3 is 14.7 Å². The standard InChI is InChI=1S/C27H31FN6O2/c1-15-24(36-2)13-21(31-30-15)17-6-9-20(23(35)12-17)27-29-14-25(32-33-27)34(19-7-8-19)22-11-16-4-3-5-18(10-16)26(22)28/h6,9,12-14,16,18-19,22,26,35H,3-5,7-8,10-11H2,1-2H3/t16-,18+,22+,26-/m0/s1. The number of benzene rings is 1. The number of aromatic nitrogens is 5. The highest BCUT2D eigenvalue weighted by atomic mass is 19.1. The number of fused-ring (bicyclic) bond motifs is 2. The molecule has 2 aromatic heterocycles. The zero-order valence-corrected chi connectivity index (χ0v) is 20.6. The molecule has 3 aromatic rings. The van der Waals surface area contributed by atoms with Gasteiger partial charge in [0.15, 0.2) is 11.6 Å². The van der Waals surface area contributed by atoms with E-state index in [9.17, 15) is 5.11 Å². The number of halogens is 1. The maximum atomic E-state index is 15.5. The maximum absolute atomic E-state index is 15.5. The van der Waals surface area contributed by atoms with Gasteiger partial charge in [0.25, 0.3) is 0 Å². The van der Waals surface area contributed by atoms with Crippen LogP contribution in [0, 0.1) is 18.8 Å². The summed E-state index contributed by atoms with van der Waals surface area (Å²) in [6.45, 7) is 1.82. The number of alkyl halides is 1. The first-order valence-electron chi connectivity index (χ1n) is 12.9. The Bertz CT molecular complexity index is 1250. The molecule has 4 atom stereocenters. The third kappa shape index (κ3) is 4.24. The van der Waals surface area contributed by atoms with Crippen molar-refractivity contribution in [3.05, 3.63) is 36.2 Å². The summed E-state index contributed by atoms with van der Waals surface area (Å²) < 4.78 is 20.9. The van der Waals surface area contributed by atoms with Crippen LogP contribution in [0.15, 0.2) is 30.5 Å². The van der Waals surface area contributed by atoms with E-state index >= 15 is 4.39 Å². The smallest absolute Gasteiger partial charge is 0.185 e. The molecule has 2 bridgehead atoms. The quantitative estimate of drug-likeness (QED) is 0.521. The Balaban J connectivity index is 1.25. The lowest BCUT2D eigenvalue weighted by Crippen LogP contribution is -2.52. The second-order valence-corrected chi connectivity index (χ2v) is 10.4. The maximum Gasteiger partial charge on any atom is 0.185 e. The van der Waals surface area contributed by atoms with Crippen molar-refractivity contribution in [3.63, 3.8) is 0 Å².